The van der Waals surface area contributed by atoms with Gasteiger partial charge in [-0.3, -0.25) is 0 Å². The lowest BCUT2D eigenvalue weighted by Gasteiger charge is -2.18. The van der Waals surface area contributed by atoms with E-state index in [1.165, 1.54) is 4.31 Å². The van der Waals surface area contributed by atoms with Crippen LogP contribution in [0.5, 0.6) is 0 Å². The number of nitrogens with zero attached hydrogens (tertiary/aromatic N) is 1. The Morgan fingerprint density at radius 1 is 1.47 bits per heavy atom. The zero-order valence-corrected chi connectivity index (χ0v) is 10.5. The Hall–Kier alpha value is -0.130. The van der Waals surface area contributed by atoms with E-state index in [2.05, 4.69) is 12.2 Å². The van der Waals surface area contributed by atoms with Gasteiger partial charge in [-0.1, -0.05) is 13.3 Å². The van der Waals surface area contributed by atoms with Crippen molar-refractivity contribution < 1.29 is 8.42 Å². The summed E-state index contributed by atoms with van der Waals surface area (Å²) in [6.45, 7) is 4.53. The van der Waals surface area contributed by atoms with Crippen molar-refractivity contribution in [3.05, 3.63) is 0 Å². The van der Waals surface area contributed by atoms with Gasteiger partial charge < -0.3 is 5.32 Å². The minimum atomic E-state index is -3.02. The zero-order valence-electron chi connectivity index (χ0n) is 9.70. The van der Waals surface area contributed by atoms with E-state index >= 15 is 0 Å². The summed E-state index contributed by atoms with van der Waals surface area (Å²) < 4.78 is 25.3. The van der Waals surface area contributed by atoms with Crippen LogP contribution in [0.4, 0.5) is 0 Å². The molecule has 1 aliphatic rings. The molecule has 0 radical (unpaired) electrons. The lowest BCUT2D eigenvalue weighted by atomic mass is 10.2. The molecule has 1 unspecified atom stereocenters. The van der Waals surface area contributed by atoms with Crippen LogP contribution in [-0.2, 0) is 10.0 Å². The third-order valence-electron chi connectivity index (χ3n) is 2.91. The first-order valence-electron chi connectivity index (χ1n) is 5.71. The number of unbranched alkanes of at least 4 members (excludes halogenated alkanes) is 1. The highest BCUT2D eigenvalue weighted by atomic mass is 32.2. The highest BCUT2D eigenvalue weighted by Crippen LogP contribution is 2.13. The molecule has 0 aliphatic carbocycles. The molecule has 0 aromatic heterocycles. The summed E-state index contributed by atoms with van der Waals surface area (Å²) in [5.74, 6) is 0.610. The summed E-state index contributed by atoms with van der Waals surface area (Å²) in [6.07, 6.45) is 2.96. The topological polar surface area (TPSA) is 49.4 Å². The SMILES string of the molecule is CCCCN(C)S(=O)(=O)CC1CCNC1. The highest BCUT2D eigenvalue weighted by Gasteiger charge is 2.25. The van der Waals surface area contributed by atoms with Crippen LogP contribution >= 0.6 is 0 Å². The number of rotatable bonds is 6. The van der Waals surface area contributed by atoms with Gasteiger partial charge in [0, 0.05) is 13.6 Å². The number of hydrogen-bond donors (Lipinski definition) is 1. The Bertz CT molecular complexity index is 271. The number of hydrogen-bond acceptors (Lipinski definition) is 3. The molecule has 1 fully saturated rings. The molecule has 0 spiro atoms. The molecule has 1 atom stereocenters. The van der Waals surface area contributed by atoms with E-state index in [4.69, 9.17) is 0 Å². The standard InChI is InChI=1S/C10H22N2O2S/c1-3-4-7-12(2)15(13,14)9-10-5-6-11-8-10/h10-11H,3-9H2,1-2H3. The van der Waals surface area contributed by atoms with Crippen molar-refractivity contribution in [2.24, 2.45) is 5.92 Å². The third kappa shape index (κ3) is 4.09. The maximum Gasteiger partial charge on any atom is 0.214 e. The van der Waals surface area contributed by atoms with E-state index in [1.54, 1.807) is 7.05 Å². The Labute approximate surface area is 93.1 Å². The van der Waals surface area contributed by atoms with Crippen LogP contribution in [0, 0.1) is 5.92 Å². The third-order valence-corrected chi connectivity index (χ3v) is 4.94. The van der Waals surface area contributed by atoms with E-state index in [0.29, 0.717) is 18.2 Å². The van der Waals surface area contributed by atoms with Crippen LogP contribution in [0.1, 0.15) is 26.2 Å². The molecule has 0 aromatic carbocycles. The predicted molar refractivity (Wildman–Crippen MR) is 62.3 cm³/mol. The first-order valence-corrected chi connectivity index (χ1v) is 7.32. The molecule has 15 heavy (non-hydrogen) atoms. The monoisotopic (exact) mass is 234 g/mol. The summed E-state index contributed by atoms with van der Waals surface area (Å²) in [5.41, 5.74) is 0. The highest BCUT2D eigenvalue weighted by molar-refractivity contribution is 7.89. The molecular formula is C10H22N2O2S. The van der Waals surface area contributed by atoms with Crippen molar-refractivity contribution in [3.8, 4) is 0 Å². The summed E-state index contributed by atoms with van der Waals surface area (Å²) in [6, 6.07) is 0. The molecule has 0 bridgehead atoms. The van der Waals surface area contributed by atoms with Gasteiger partial charge in [-0.15, -0.1) is 0 Å². The molecule has 1 heterocycles. The summed E-state index contributed by atoms with van der Waals surface area (Å²) in [7, 11) is -1.33. The van der Waals surface area contributed by atoms with E-state index in [-0.39, 0.29) is 0 Å². The number of nitrogens with one attached hydrogen (secondary N) is 1. The van der Waals surface area contributed by atoms with Gasteiger partial charge in [0.2, 0.25) is 10.0 Å². The Morgan fingerprint density at radius 2 is 2.20 bits per heavy atom. The van der Waals surface area contributed by atoms with Gasteiger partial charge in [-0.25, -0.2) is 12.7 Å². The Kier molecular flexibility index (Phi) is 5.02. The predicted octanol–water partition coefficient (Wildman–Crippen LogP) is 0.658. The minimum absolute atomic E-state index is 0.305. The van der Waals surface area contributed by atoms with E-state index in [1.807, 2.05) is 0 Å². The quantitative estimate of drug-likeness (QED) is 0.734. The smallest absolute Gasteiger partial charge is 0.214 e. The minimum Gasteiger partial charge on any atom is -0.316 e. The molecule has 1 saturated heterocycles. The van der Waals surface area contributed by atoms with E-state index < -0.39 is 10.0 Å². The molecule has 1 rings (SSSR count). The molecule has 5 heteroatoms. The van der Waals surface area contributed by atoms with Crippen LogP contribution in [0.15, 0.2) is 0 Å². The average Bonchev–Trinajstić information content (AvgIpc) is 2.65. The van der Waals surface area contributed by atoms with Crippen molar-refractivity contribution >= 4 is 10.0 Å². The summed E-state index contributed by atoms with van der Waals surface area (Å²) in [4.78, 5) is 0. The van der Waals surface area contributed by atoms with Crippen molar-refractivity contribution in [1.29, 1.82) is 0 Å². The van der Waals surface area contributed by atoms with Crippen molar-refractivity contribution in [2.75, 3.05) is 32.4 Å². The second-order valence-electron chi connectivity index (χ2n) is 4.31. The van der Waals surface area contributed by atoms with Crippen molar-refractivity contribution in [1.82, 2.24) is 9.62 Å². The van der Waals surface area contributed by atoms with E-state index in [9.17, 15) is 8.42 Å². The molecular weight excluding hydrogens is 212 g/mol. The lowest BCUT2D eigenvalue weighted by Crippen LogP contribution is -2.33. The average molecular weight is 234 g/mol. The first-order chi connectivity index (χ1) is 7.06. The van der Waals surface area contributed by atoms with Crippen LogP contribution in [0.25, 0.3) is 0 Å². The molecule has 0 amide bonds. The number of sulfonamides is 1. The van der Waals surface area contributed by atoms with Gasteiger partial charge in [-0.05, 0) is 31.8 Å². The van der Waals surface area contributed by atoms with Gasteiger partial charge in [0.1, 0.15) is 0 Å². The fourth-order valence-electron chi connectivity index (χ4n) is 1.80. The summed E-state index contributed by atoms with van der Waals surface area (Å²) in [5, 5.41) is 3.19. The Morgan fingerprint density at radius 3 is 2.73 bits per heavy atom. The van der Waals surface area contributed by atoms with E-state index in [0.717, 1.165) is 32.4 Å². The van der Waals surface area contributed by atoms with Gasteiger partial charge >= 0.3 is 0 Å². The molecule has 0 aromatic rings. The van der Waals surface area contributed by atoms with Crippen molar-refractivity contribution in [3.63, 3.8) is 0 Å². The summed E-state index contributed by atoms with van der Waals surface area (Å²) >= 11 is 0. The maximum absolute atomic E-state index is 11.9. The van der Waals surface area contributed by atoms with Crippen LogP contribution in [0.3, 0.4) is 0 Å². The molecule has 0 saturated carbocycles. The first kappa shape index (κ1) is 12.9. The lowest BCUT2D eigenvalue weighted by molar-refractivity contribution is 0.450. The van der Waals surface area contributed by atoms with Crippen molar-refractivity contribution in [2.45, 2.75) is 26.2 Å². The van der Waals surface area contributed by atoms with Gasteiger partial charge in [-0.2, -0.15) is 0 Å². The molecule has 4 nitrogen and oxygen atoms in total. The van der Waals surface area contributed by atoms with Crippen LogP contribution in [0.2, 0.25) is 0 Å². The largest absolute Gasteiger partial charge is 0.316 e. The molecule has 1 N–H and O–H groups in total. The van der Waals surface area contributed by atoms with Gasteiger partial charge in [0.15, 0.2) is 0 Å². The van der Waals surface area contributed by atoms with Gasteiger partial charge in [0.05, 0.1) is 5.75 Å². The Balaban J connectivity index is 2.42. The fraction of sp³-hybridized carbons (Fsp3) is 1.00. The van der Waals surface area contributed by atoms with Crippen LogP contribution in [-0.4, -0.2) is 45.2 Å². The molecule has 90 valence electrons. The zero-order chi connectivity index (χ0) is 11.3. The second kappa shape index (κ2) is 5.82. The maximum atomic E-state index is 11.9. The van der Waals surface area contributed by atoms with Gasteiger partial charge in [0.25, 0.3) is 0 Å². The normalized spacial score (nSPS) is 22.5. The second-order valence-corrected chi connectivity index (χ2v) is 6.43. The van der Waals surface area contributed by atoms with Crippen LogP contribution < -0.4 is 5.32 Å². The fourth-order valence-corrected chi connectivity index (χ4v) is 3.34. The molecule has 1 aliphatic heterocycles.